The molecule has 0 radical (unpaired) electrons. The highest BCUT2D eigenvalue weighted by atomic mass is 19.1. The molecule has 0 amide bonds. The summed E-state index contributed by atoms with van der Waals surface area (Å²) in [6, 6.07) is 13.3. The molecule has 5 heteroatoms. The Morgan fingerprint density at radius 3 is 2.80 bits per heavy atom. The van der Waals surface area contributed by atoms with E-state index in [0.29, 0.717) is 11.0 Å². The van der Waals surface area contributed by atoms with Crippen molar-refractivity contribution in [2.24, 2.45) is 0 Å². The van der Waals surface area contributed by atoms with Crippen LogP contribution >= 0.6 is 0 Å². The SMILES string of the molecule is [O-][NH+]1c2ccccc2CCC1CCCN1CCC(c2c[nH]c3ccc(F)cc23)CC1. The highest BCUT2D eigenvalue weighted by molar-refractivity contribution is 5.83. The molecule has 2 unspecified atom stereocenters. The average Bonchev–Trinajstić information content (AvgIpc) is 3.19. The van der Waals surface area contributed by atoms with Crippen molar-refractivity contribution in [2.45, 2.75) is 50.5 Å². The Morgan fingerprint density at radius 1 is 1.10 bits per heavy atom. The summed E-state index contributed by atoms with van der Waals surface area (Å²) in [5, 5.41) is 14.1. The smallest absolute Gasteiger partial charge is 0.134 e. The Kier molecular flexibility index (Phi) is 5.59. The molecule has 2 aliphatic heterocycles. The molecular formula is C25H30FN3O. The van der Waals surface area contributed by atoms with Gasteiger partial charge in [-0.15, -0.1) is 0 Å². The number of hydrogen-bond donors (Lipinski definition) is 2. The number of nitrogens with zero attached hydrogens (tertiary/aromatic N) is 1. The second-order valence-electron chi connectivity index (χ2n) is 8.95. The third-order valence-electron chi connectivity index (χ3n) is 7.15. The fourth-order valence-corrected chi connectivity index (χ4v) is 5.42. The predicted octanol–water partition coefficient (Wildman–Crippen LogP) is 4.30. The van der Waals surface area contributed by atoms with Crippen LogP contribution in [0.25, 0.3) is 10.9 Å². The average molecular weight is 408 g/mol. The van der Waals surface area contributed by atoms with Crippen LogP contribution in [0.2, 0.25) is 0 Å². The maximum Gasteiger partial charge on any atom is 0.134 e. The fourth-order valence-electron chi connectivity index (χ4n) is 5.42. The number of hydrogen-bond acceptors (Lipinski definition) is 2. The van der Waals surface area contributed by atoms with Crippen molar-refractivity contribution < 1.29 is 9.45 Å². The Morgan fingerprint density at radius 2 is 1.93 bits per heavy atom. The number of hydroxylamine groups is 1. The molecule has 2 aliphatic rings. The van der Waals surface area contributed by atoms with Gasteiger partial charge in [0.2, 0.25) is 0 Å². The molecule has 30 heavy (non-hydrogen) atoms. The van der Waals surface area contributed by atoms with E-state index in [2.05, 4.69) is 22.1 Å². The van der Waals surface area contributed by atoms with Crippen molar-refractivity contribution in [3.05, 3.63) is 70.8 Å². The molecule has 5 rings (SSSR count). The van der Waals surface area contributed by atoms with Crippen molar-refractivity contribution in [3.63, 3.8) is 0 Å². The number of quaternary nitrogens is 1. The lowest BCUT2D eigenvalue weighted by Crippen LogP contribution is -3.07. The molecule has 1 fully saturated rings. The molecule has 0 saturated carbocycles. The molecular weight excluding hydrogens is 377 g/mol. The van der Waals surface area contributed by atoms with Crippen LogP contribution in [0.15, 0.2) is 48.7 Å². The first kappa shape index (κ1) is 19.7. The van der Waals surface area contributed by atoms with E-state index in [1.54, 1.807) is 6.07 Å². The van der Waals surface area contributed by atoms with Gasteiger partial charge in [0.15, 0.2) is 0 Å². The van der Waals surface area contributed by atoms with Crippen LogP contribution in [0, 0.1) is 11.0 Å². The normalized spacial score (nSPS) is 23.0. The molecule has 3 aromatic rings. The number of para-hydroxylation sites is 1. The van der Waals surface area contributed by atoms with Crippen LogP contribution in [-0.2, 0) is 6.42 Å². The second kappa shape index (κ2) is 8.50. The standard InChI is InChI=1S/C25H30FN3O/c26-20-8-10-24-22(16-20)23(17-27-24)18-11-14-28(15-12-18)13-3-5-21-9-7-19-4-1-2-6-25(19)29(21)30/h1-2,4,6,8,10,16-18,21,27,29H,3,5,7,9,11-15H2. The largest absolute Gasteiger partial charge is 0.629 e. The monoisotopic (exact) mass is 407 g/mol. The maximum atomic E-state index is 13.7. The van der Waals surface area contributed by atoms with Crippen LogP contribution in [-0.4, -0.2) is 35.6 Å². The van der Waals surface area contributed by atoms with E-state index in [1.807, 2.05) is 24.3 Å². The number of H-pyrrole nitrogens is 1. The van der Waals surface area contributed by atoms with Gasteiger partial charge in [0.05, 0.1) is 6.04 Å². The molecule has 3 heterocycles. The number of rotatable bonds is 5. The lowest BCUT2D eigenvalue weighted by molar-refractivity contribution is -0.811. The number of benzene rings is 2. The van der Waals surface area contributed by atoms with E-state index in [-0.39, 0.29) is 11.9 Å². The Labute approximate surface area is 177 Å². The number of likely N-dealkylation sites (tertiary alicyclic amines) is 1. The zero-order chi connectivity index (χ0) is 20.5. The number of aromatic amines is 1. The van der Waals surface area contributed by atoms with Crippen molar-refractivity contribution in [2.75, 3.05) is 19.6 Å². The fraction of sp³-hybridized carbons (Fsp3) is 0.440. The van der Waals surface area contributed by atoms with Crippen LogP contribution in [0.4, 0.5) is 10.1 Å². The third kappa shape index (κ3) is 3.89. The second-order valence-corrected chi connectivity index (χ2v) is 8.95. The van der Waals surface area contributed by atoms with Gasteiger partial charge in [-0.3, -0.25) is 0 Å². The van der Waals surface area contributed by atoms with Crippen molar-refractivity contribution in [3.8, 4) is 0 Å². The molecule has 158 valence electrons. The van der Waals surface area contributed by atoms with Crippen molar-refractivity contribution in [1.29, 1.82) is 0 Å². The number of piperidine rings is 1. The first-order valence-corrected chi connectivity index (χ1v) is 11.3. The lowest BCUT2D eigenvalue weighted by Gasteiger charge is -2.37. The van der Waals surface area contributed by atoms with Gasteiger partial charge in [-0.1, -0.05) is 18.2 Å². The van der Waals surface area contributed by atoms with Crippen LogP contribution < -0.4 is 5.06 Å². The first-order valence-electron chi connectivity index (χ1n) is 11.3. The maximum absolute atomic E-state index is 13.7. The van der Waals surface area contributed by atoms with E-state index in [1.165, 1.54) is 17.2 Å². The topological polar surface area (TPSA) is 46.5 Å². The zero-order valence-electron chi connectivity index (χ0n) is 17.4. The minimum absolute atomic E-state index is 0.166. The summed E-state index contributed by atoms with van der Waals surface area (Å²) in [5.41, 5.74) is 4.45. The summed E-state index contributed by atoms with van der Waals surface area (Å²) >= 11 is 0. The van der Waals surface area contributed by atoms with Crippen LogP contribution in [0.3, 0.4) is 0 Å². The van der Waals surface area contributed by atoms with Crippen molar-refractivity contribution in [1.82, 2.24) is 9.88 Å². The number of aryl methyl sites for hydroxylation is 1. The summed E-state index contributed by atoms with van der Waals surface area (Å²) < 4.78 is 13.7. The van der Waals surface area contributed by atoms with E-state index >= 15 is 0 Å². The minimum atomic E-state index is -0.166. The number of halogens is 1. The Hall–Kier alpha value is -2.21. The third-order valence-corrected chi connectivity index (χ3v) is 7.15. The van der Waals surface area contributed by atoms with E-state index in [0.717, 1.165) is 74.7 Å². The first-order chi connectivity index (χ1) is 14.7. The van der Waals surface area contributed by atoms with Gasteiger partial charge in [-0.25, -0.2) is 4.39 Å². The van der Waals surface area contributed by atoms with E-state index in [9.17, 15) is 9.60 Å². The molecule has 1 saturated heterocycles. The molecule has 0 spiro atoms. The minimum Gasteiger partial charge on any atom is -0.629 e. The zero-order valence-corrected chi connectivity index (χ0v) is 17.4. The van der Waals surface area contributed by atoms with Gasteiger partial charge in [0.25, 0.3) is 0 Å². The summed E-state index contributed by atoms with van der Waals surface area (Å²) in [5.74, 6) is 0.328. The predicted molar refractivity (Wildman–Crippen MR) is 118 cm³/mol. The van der Waals surface area contributed by atoms with Gasteiger partial charge < -0.3 is 20.2 Å². The molecule has 2 atom stereocenters. The van der Waals surface area contributed by atoms with E-state index in [4.69, 9.17) is 0 Å². The van der Waals surface area contributed by atoms with Crippen LogP contribution in [0.5, 0.6) is 0 Å². The highest BCUT2D eigenvalue weighted by Gasteiger charge is 2.26. The molecule has 1 aromatic heterocycles. The summed E-state index contributed by atoms with van der Waals surface area (Å²) in [6.45, 7) is 3.23. The molecule has 4 nitrogen and oxygen atoms in total. The summed E-state index contributed by atoms with van der Waals surface area (Å²) in [6.07, 6.45) is 8.39. The Balaban J connectivity index is 1.12. The summed E-state index contributed by atoms with van der Waals surface area (Å²) in [7, 11) is 0. The number of nitrogens with one attached hydrogen (secondary N) is 2. The quantitative estimate of drug-likeness (QED) is 0.620. The lowest BCUT2D eigenvalue weighted by atomic mass is 9.89. The molecule has 2 aromatic carbocycles. The van der Waals surface area contributed by atoms with Crippen molar-refractivity contribution >= 4 is 16.6 Å². The summed E-state index contributed by atoms with van der Waals surface area (Å²) in [4.78, 5) is 5.83. The van der Waals surface area contributed by atoms with Gasteiger partial charge in [0, 0.05) is 35.5 Å². The van der Waals surface area contributed by atoms with Gasteiger partial charge >= 0.3 is 0 Å². The highest BCUT2D eigenvalue weighted by Crippen LogP contribution is 2.33. The van der Waals surface area contributed by atoms with Gasteiger partial charge in [0.1, 0.15) is 11.5 Å². The van der Waals surface area contributed by atoms with E-state index < -0.39 is 0 Å². The Bertz CT molecular complexity index is 1010. The molecule has 0 bridgehead atoms. The molecule has 2 N–H and O–H groups in total. The number of aromatic nitrogens is 1. The van der Waals surface area contributed by atoms with Gasteiger partial charge in [-0.2, -0.15) is 0 Å². The molecule has 0 aliphatic carbocycles. The number of fused-ring (bicyclic) bond motifs is 2. The van der Waals surface area contributed by atoms with Crippen LogP contribution in [0.1, 0.15) is 49.1 Å². The van der Waals surface area contributed by atoms with Gasteiger partial charge in [-0.05, 0) is 81.1 Å².